The van der Waals surface area contributed by atoms with Crippen LogP contribution in [0, 0.1) is 6.92 Å². The second-order valence-corrected chi connectivity index (χ2v) is 9.03. The van der Waals surface area contributed by atoms with Crippen LogP contribution in [-0.4, -0.2) is 52.4 Å². The molecular formula is C27H27ClN6O. The molecule has 5 rings (SSSR count). The van der Waals surface area contributed by atoms with Crippen molar-refractivity contribution in [3.63, 3.8) is 0 Å². The number of carbonyl (C=O) groups excluding carboxylic acids is 1. The van der Waals surface area contributed by atoms with E-state index in [0.29, 0.717) is 11.6 Å². The number of anilines is 3. The molecule has 3 aromatic heterocycles. The van der Waals surface area contributed by atoms with Crippen molar-refractivity contribution in [2.75, 3.05) is 36.0 Å². The van der Waals surface area contributed by atoms with Gasteiger partial charge in [0.25, 0.3) is 0 Å². The third kappa shape index (κ3) is 4.92. The van der Waals surface area contributed by atoms with Crippen LogP contribution in [0.1, 0.15) is 11.3 Å². The van der Waals surface area contributed by atoms with Crippen LogP contribution in [0.4, 0.5) is 17.2 Å². The van der Waals surface area contributed by atoms with E-state index in [0.717, 1.165) is 72.3 Å². The molecule has 7 nitrogen and oxygen atoms in total. The number of carbonyl (C=O) groups is 1. The summed E-state index contributed by atoms with van der Waals surface area (Å²) < 4.78 is 0. The Bertz CT molecular complexity index is 1270. The standard InChI is InChI=1S/C27H27ClN6O/c1-20-27(34(19-35)23-9-12-29-13-10-23)24(26(31-20)21-5-7-22(28)8-6-21)18-32-14-16-33(17-15-32)25-4-2-3-11-30-25/h2-13,19,31H,14-18H2,1H3. The molecule has 0 spiro atoms. The van der Waals surface area contributed by atoms with Gasteiger partial charge in [-0.15, -0.1) is 0 Å². The zero-order chi connectivity index (χ0) is 24.2. The van der Waals surface area contributed by atoms with Crippen molar-refractivity contribution >= 4 is 35.2 Å². The summed E-state index contributed by atoms with van der Waals surface area (Å²) in [7, 11) is 0. The Balaban J connectivity index is 1.48. The van der Waals surface area contributed by atoms with Gasteiger partial charge in [-0.25, -0.2) is 4.98 Å². The normalized spacial score (nSPS) is 14.2. The summed E-state index contributed by atoms with van der Waals surface area (Å²) in [6.07, 6.45) is 6.11. The lowest BCUT2D eigenvalue weighted by Crippen LogP contribution is -2.46. The first kappa shape index (κ1) is 23.1. The van der Waals surface area contributed by atoms with E-state index in [9.17, 15) is 4.79 Å². The molecule has 0 bridgehead atoms. The highest BCUT2D eigenvalue weighted by Gasteiger charge is 2.26. The molecule has 178 valence electrons. The third-order valence-electron chi connectivity index (χ3n) is 6.40. The maximum Gasteiger partial charge on any atom is 0.218 e. The molecule has 1 aliphatic rings. The molecule has 0 atom stereocenters. The van der Waals surface area contributed by atoms with E-state index in [2.05, 4.69) is 30.8 Å². The quantitative estimate of drug-likeness (QED) is 0.370. The topological polar surface area (TPSA) is 68.4 Å². The lowest BCUT2D eigenvalue weighted by atomic mass is 10.0. The number of benzene rings is 1. The van der Waals surface area contributed by atoms with Gasteiger partial charge >= 0.3 is 0 Å². The minimum atomic E-state index is 0.691. The average Bonchev–Trinajstić information content (AvgIpc) is 3.22. The number of nitrogens with one attached hydrogen (secondary N) is 1. The maximum atomic E-state index is 12.3. The number of aromatic amines is 1. The average molecular weight is 487 g/mol. The van der Waals surface area contributed by atoms with Crippen molar-refractivity contribution in [1.29, 1.82) is 0 Å². The molecule has 1 amide bonds. The van der Waals surface area contributed by atoms with Gasteiger partial charge in [-0.3, -0.25) is 19.6 Å². The number of H-pyrrole nitrogens is 1. The van der Waals surface area contributed by atoms with Gasteiger partial charge in [0.1, 0.15) is 5.82 Å². The fourth-order valence-corrected chi connectivity index (χ4v) is 4.78. The molecule has 0 radical (unpaired) electrons. The molecule has 1 aromatic carbocycles. The first-order valence-corrected chi connectivity index (χ1v) is 12.0. The van der Waals surface area contributed by atoms with Crippen molar-refractivity contribution in [3.05, 3.63) is 89.5 Å². The number of hydrogen-bond donors (Lipinski definition) is 1. The van der Waals surface area contributed by atoms with Crippen LogP contribution >= 0.6 is 11.6 Å². The number of aromatic nitrogens is 3. The SMILES string of the molecule is Cc1[nH]c(-c2ccc(Cl)cc2)c(CN2CCN(c3ccccn3)CC2)c1N(C=O)c1ccncc1. The van der Waals surface area contributed by atoms with Crippen molar-refractivity contribution in [3.8, 4) is 11.3 Å². The van der Waals surface area contributed by atoms with Crippen LogP contribution in [0.3, 0.4) is 0 Å². The van der Waals surface area contributed by atoms with Crippen molar-refractivity contribution in [2.45, 2.75) is 13.5 Å². The highest BCUT2D eigenvalue weighted by Crippen LogP contribution is 2.38. The predicted octanol–water partition coefficient (Wildman–Crippen LogP) is 5.05. The Morgan fingerprint density at radius 3 is 2.40 bits per heavy atom. The molecule has 1 aliphatic heterocycles. The van der Waals surface area contributed by atoms with Gasteiger partial charge in [0.2, 0.25) is 6.41 Å². The molecule has 0 unspecified atom stereocenters. The molecular weight excluding hydrogens is 460 g/mol. The van der Waals surface area contributed by atoms with Crippen LogP contribution in [-0.2, 0) is 11.3 Å². The number of rotatable bonds is 7. The number of piperazine rings is 1. The van der Waals surface area contributed by atoms with E-state index in [-0.39, 0.29) is 0 Å². The summed E-state index contributed by atoms with van der Waals surface area (Å²) in [5, 5.41) is 0.691. The van der Waals surface area contributed by atoms with Gasteiger partial charge in [0.05, 0.1) is 17.1 Å². The Hall–Kier alpha value is -3.68. The van der Waals surface area contributed by atoms with Crippen molar-refractivity contribution in [2.24, 2.45) is 0 Å². The van der Waals surface area contributed by atoms with Gasteiger partial charge in [0, 0.05) is 67.6 Å². The Kier molecular flexibility index (Phi) is 6.79. The van der Waals surface area contributed by atoms with Crippen LogP contribution in [0.25, 0.3) is 11.3 Å². The zero-order valence-corrected chi connectivity index (χ0v) is 20.3. The van der Waals surface area contributed by atoms with Crippen molar-refractivity contribution in [1.82, 2.24) is 19.9 Å². The van der Waals surface area contributed by atoms with Crippen LogP contribution in [0.5, 0.6) is 0 Å². The molecule has 8 heteroatoms. The summed E-state index contributed by atoms with van der Waals surface area (Å²) >= 11 is 6.16. The first-order chi connectivity index (χ1) is 17.1. The molecule has 1 fully saturated rings. The van der Waals surface area contributed by atoms with Gasteiger partial charge in [-0.2, -0.15) is 0 Å². The van der Waals surface area contributed by atoms with E-state index in [1.54, 1.807) is 17.3 Å². The zero-order valence-electron chi connectivity index (χ0n) is 19.6. The Labute approximate surface area is 210 Å². The smallest absolute Gasteiger partial charge is 0.218 e. The summed E-state index contributed by atoms with van der Waals surface area (Å²) in [5.41, 5.74) is 5.71. The van der Waals surface area contributed by atoms with Crippen LogP contribution < -0.4 is 9.80 Å². The molecule has 4 heterocycles. The second kappa shape index (κ2) is 10.3. The minimum Gasteiger partial charge on any atom is -0.357 e. The number of aryl methyl sites for hydroxylation is 1. The highest BCUT2D eigenvalue weighted by molar-refractivity contribution is 6.30. The molecule has 4 aromatic rings. The van der Waals surface area contributed by atoms with E-state index in [4.69, 9.17) is 11.6 Å². The molecule has 1 N–H and O–H groups in total. The second-order valence-electron chi connectivity index (χ2n) is 8.59. The summed E-state index contributed by atoms with van der Waals surface area (Å²) in [5.74, 6) is 1.01. The van der Waals surface area contributed by atoms with E-state index in [1.165, 1.54) is 0 Å². The minimum absolute atomic E-state index is 0.691. The van der Waals surface area contributed by atoms with Crippen LogP contribution in [0.15, 0.2) is 73.2 Å². The fourth-order valence-electron chi connectivity index (χ4n) is 4.66. The van der Waals surface area contributed by atoms with Gasteiger partial charge < -0.3 is 9.88 Å². The summed E-state index contributed by atoms with van der Waals surface area (Å²) in [6.45, 7) is 6.31. The highest BCUT2D eigenvalue weighted by atomic mass is 35.5. The molecule has 0 saturated carbocycles. The Morgan fingerprint density at radius 2 is 1.74 bits per heavy atom. The molecule has 1 saturated heterocycles. The number of pyridine rings is 2. The van der Waals surface area contributed by atoms with Crippen LogP contribution in [0.2, 0.25) is 5.02 Å². The number of halogens is 1. The van der Waals surface area contributed by atoms with Gasteiger partial charge in [-0.1, -0.05) is 29.8 Å². The Morgan fingerprint density at radius 1 is 1.00 bits per heavy atom. The lowest BCUT2D eigenvalue weighted by molar-refractivity contribution is -0.106. The predicted molar refractivity (Wildman–Crippen MR) is 140 cm³/mol. The summed E-state index contributed by atoms with van der Waals surface area (Å²) in [6, 6.07) is 17.5. The summed E-state index contributed by atoms with van der Waals surface area (Å²) in [4.78, 5) is 30.9. The van der Waals surface area contributed by atoms with Gasteiger partial charge in [0.15, 0.2) is 0 Å². The third-order valence-corrected chi connectivity index (χ3v) is 6.65. The maximum absolute atomic E-state index is 12.3. The number of amides is 1. The van der Waals surface area contributed by atoms with Gasteiger partial charge in [-0.05, 0) is 48.9 Å². The van der Waals surface area contributed by atoms with E-state index in [1.807, 2.05) is 61.7 Å². The lowest BCUT2D eigenvalue weighted by Gasteiger charge is -2.35. The van der Waals surface area contributed by atoms with Crippen molar-refractivity contribution < 1.29 is 4.79 Å². The monoisotopic (exact) mass is 486 g/mol. The number of hydrogen-bond acceptors (Lipinski definition) is 5. The van der Waals surface area contributed by atoms with E-state index >= 15 is 0 Å². The molecule has 35 heavy (non-hydrogen) atoms. The van der Waals surface area contributed by atoms with E-state index < -0.39 is 0 Å². The largest absolute Gasteiger partial charge is 0.357 e. The first-order valence-electron chi connectivity index (χ1n) is 11.6. The fraction of sp³-hybridized carbons (Fsp3) is 0.222. The number of nitrogens with zero attached hydrogens (tertiary/aromatic N) is 5. The molecule has 0 aliphatic carbocycles.